The fourth-order valence-corrected chi connectivity index (χ4v) is 2.13. The maximum absolute atomic E-state index is 12.4. The lowest BCUT2D eigenvalue weighted by molar-refractivity contribution is 0.474. The fraction of sp³-hybridized carbons (Fsp3) is 0.0625. The van der Waals surface area contributed by atoms with Crippen molar-refractivity contribution < 1.29 is 9.52 Å². The molecular formula is C16H12O3. The lowest BCUT2D eigenvalue weighted by atomic mass is 10.0. The van der Waals surface area contributed by atoms with Gasteiger partial charge in [-0.1, -0.05) is 29.8 Å². The van der Waals surface area contributed by atoms with Crippen LogP contribution in [-0.2, 0) is 0 Å². The van der Waals surface area contributed by atoms with Gasteiger partial charge in [-0.15, -0.1) is 0 Å². The van der Waals surface area contributed by atoms with E-state index in [0.29, 0.717) is 16.5 Å². The Labute approximate surface area is 109 Å². The first-order valence-electron chi connectivity index (χ1n) is 5.97. The minimum absolute atomic E-state index is 0.0824. The van der Waals surface area contributed by atoms with Gasteiger partial charge in [-0.05, 0) is 24.6 Å². The summed E-state index contributed by atoms with van der Waals surface area (Å²) < 4.78 is 5.44. The second-order valence-corrected chi connectivity index (χ2v) is 4.53. The van der Waals surface area contributed by atoms with Crippen LogP contribution in [-0.4, -0.2) is 5.11 Å². The molecule has 0 unspecified atom stereocenters. The molecule has 0 spiro atoms. The second kappa shape index (κ2) is 4.28. The van der Waals surface area contributed by atoms with E-state index < -0.39 is 0 Å². The molecule has 3 rings (SSSR count). The normalized spacial score (nSPS) is 10.8. The van der Waals surface area contributed by atoms with Crippen LogP contribution in [0, 0.1) is 6.92 Å². The zero-order chi connectivity index (χ0) is 13.4. The van der Waals surface area contributed by atoms with Crippen LogP contribution in [0.5, 0.6) is 5.75 Å². The number of benzene rings is 2. The van der Waals surface area contributed by atoms with E-state index in [2.05, 4.69) is 0 Å². The molecule has 3 heteroatoms. The van der Waals surface area contributed by atoms with Crippen LogP contribution in [0.15, 0.2) is 57.9 Å². The smallest absolute Gasteiger partial charge is 0.200 e. The monoisotopic (exact) mass is 252 g/mol. The molecule has 0 saturated heterocycles. The summed E-state index contributed by atoms with van der Waals surface area (Å²) in [5.41, 5.74) is 2.75. The molecule has 19 heavy (non-hydrogen) atoms. The average Bonchev–Trinajstić information content (AvgIpc) is 2.39. The average molecular weight is 252 g/mol. The van der Waals surface area contributed by atoms with E-state index in [1.807, 2.05) is 31.2 Å². The van der Waals surface area contributed by atoms with Crippen LogP contribution >= 0.6 is 0 Å². The van der Waals surface area contributed by atoms with E-state index in [1.54, 1.807) is 6.07 Å². The Kier molecular flexibility index (Phi) is 2.60. The van der Waals surface area contributed by atoms with Crippen molar-refractivity contribution in [1.29, 1.82) is 0 Å². The first kappa shape index (κ1) is 11.5. The number of aromatic hydroxyl groups is 1. The molecule has 1 aromatic heterocycles. The van der Waals surface area contributed by atoms with Crippen molar-refractivity contribution in [3.63, 3.8) is 0 Å². The zero-order valence-electron chi connectivity index (χ0n) is 10.4. The summed E-state index contributed by atoms with van der Waals surface area (Å²) in [6.45, 7) is 1.98. The van der Waals surface area contributed by atoms with Gasteiger partial charge in [0.1, 0.15) is 17.6 Å². The molecule has 2 aromatic carbocycles. The lowest BCUT2D eigenvalue weighted by Gasteiger charge is -2.04. The van der Waals surface area contributed by atoms with E-state index in [4.69, 9.17) is 4.42 Å². The minimum Gasteiger partial charge on any atom is -0.508 e. The Morgan fingerprint density at radius 2 is 1.95 bits per heavy atom. The minimum atomic E-state index is -0.0909. The first-order chi connectivity index (χ1) is 9.15. The maximum atomic E-state index is 12.4. The van der Waals surface area contributed by atoms with Crippen LogP contribution in [0.25, 0.3) is 22.1 Å². The van der Waals surface area contributed by atoms with E-state index in [0.717, 1.165) is 11.1 Å². The van der Waals surface area contributed by atoms with Crippen molar-refractivity contribution in [2.75, 3.05) is 0 Å². The van der Waals surface area contributed by atoms with Gasteiger partial charge in [-0.3, -0.25) is 4.79 Å². The third kappa shape index (κ3) is 1.99. The van der Waals surface area contributed by atoms with Gasteiger partial charge in [0.15, 0.2) is 5.43 Å². The number of hydrogen-bond donors (Lipinski definition) is 1. The van der Waals surface area contributed by atoms with Gasteiger partial charge in [-0.25, -0.2) is 0 Å². The Balaban J connectivity index is 2.29. The van der Waals surface area contributed by atoms with E-state index in [1.165, 1.54) is 18.4 Å². The summed E-state index contributed by atoms with van der Waals surface area (Å²) in [5, 5.41) is 9.85. The SMILES string of the molecule is Cc1cccc(-c2coc3cc(O)ccc3c2=O)c1. The van der Waals surface area contributed by atoms with E-state index in [9.17, 15) is 9.90 Å². The standard InChI is InChI=1S/C16H12O3/c1-10-3-2-4-11(7-10)14-9-19-15-8-12(17)5-6-13(15)16(14)18/h2-9,17H,1H3. The van der Waals surface area contributed by atoms with Crippen LogP contribution in [0.3, 0.4) is 0 Å². The molecule has 94 valence electrons. The highest BCUT2D eigenvalue weighted by Gasteiger charge is 2.09. The molecule has 0 aliphatic carbocycles. The number of phenolic OH excluding ortho intramolecular Hbond substituents is 1. The van der Waals surface area contributed by atoms with Gasteiger partial charge >= 0.3 is 0 Å². The summed E-state index contributed by atoms with van der Waals surface area (Å²) in [7, 11) is 0. The zero-order valence-corrected chi connectivity index (χ0v) is 10.4. The fourth-order valence-electron chi connectivity index (χ4n) is 2.13. The Bertz CT molecular complexity index is 816. The summed E-state index contributed by atoms with van der Waals surface area (Å²) in [5.74, 6) is 0.0824. The molecular weight excluding hydrogens is 240 g/mol. The number of aryl methyl sites for hydroxylation is 1. The molecule has 0 bridgehead atoms. The van der Waals surface area contributed by atoms with Crippen LogP contribution < -0.4 is 5.43 Å². The van der Waals surface area contributed by atoms with Gasteiger partial charge in [0.2, 0.25) is 0 Å². The summed E-state index contributed by atoms with van der Waals surface area (Å²) in [6, 6.07) is 12.2. The molecule has 1 heterocycles. The highest BCUT2D eigenvalue weighted by atomic mass is 16.3. The summed E-state index contributed by atoms with van der Waals surface area (Å²) >= 11 is 0. The van der Waals surface area contributed by atoms with Crippen LogP contribution in [0.4, 0.5) is 0 Å². The Hall–Kier alpha value is -2.55. The largest absolute Gasteiger partial charge is 0.508 e. The highest BCUT2D eigenvalue weighted by Crippen LogP contribution is 2.22. The molecule has 0 amide bonds. The topological polar surface area (TPSA) is 50.4 Å². The number of hydrogen-bond acceptors (Lipinski definition) is 3. The van der Waals surface area contributed by atoms with Crippen molar-refractivity contribution in [1.82, 2.24) is 0 Å². The van der Waals surface area contributed by atoms with Gasteiger partial charge in [0.25, 0.3) is 0 Å². The van der Waals surface area contributed by atoms with E-state index in [-0.39, 0.29) is 11.2 Å². The number of rotatable bonds is 1. The number of phenols is 1. The summed E-state index contributed by atoms with van der Waals surface area (Å²) in [6.07, 6.45) is 1.44. The van der Waals surface area contributed by atoms with Gasteiger partial charge in [0, 0.05) is 6.07 Å². The van der Waals surface area contributed by atoms with Crippen molar-refractivity contribution in [2.45, 2.75) is 6.92 Å². The first-order valence-corrected chi connectivity index (χ1v) is 5.97. The van der Waals surface area contributed by atoms with Crippen molar-refractivity contribution in [2.24, 2.45) is 0 Å². The molecule has 0 radical (unpaired) electrons. The van der Waals surface area contributed by atoms with Crippen molar-refractivity contribution in [3.05, 3.63) is 64.5 Å². The molecule has 3 nitrogen and oxygen atoms in total. The highest BCUT2D eigenvalue weighted by molar-refractivity contribution is 5.82. The molecule has 0 aliphatic heterocycles. The van der Waals surface area contributed by atoms with Crippen LogP contribution in [0.1, 0.15) is 5.56 Å². The predicted octanol–water partition coefficient (Wildman–Crippen LogP) is 3.47. The quantitative estimate of drug-likeness (QED) is 0.721. The maximum Gasteiger partial charge on any atom is 0.200 e. The summed E-state index contributed by atoms with van der Waals surface area (Å²) in [4.78, 5) is 12.4. The molecule has 0 aliphatic rings. The third-order valence-corrected chi connectivity index (χ3v) is 3.09. The third-order valence-electron chi connectivity index (χ3n) is 3.09. The van der Waals surface area contributed by atoms with Gasteiger partial charge < -0.3 is 9.52 Å². The van der Waals surface area contributed by atoms with Gasteiger partial charge in [0.05, 0.1) is 10.9 Å². The molecule has 0 fully saturated rings. The predicted molar refractivity (Wildman–Crippen MR) is 74.3 cm³/mol. The molecule has 3 aromatic rings. The van der Waals surface area contributed by atoms with Gasteiger partial charge in [-0.2, -0.15) is 0 Å². The van der Waals surface area contributed by atoms with E-state index >= 15 is 0 Å². The molecule has 0 saturated carbocycles. The Morgan fingerprint density at radius 3 is 2.74 bits per heavy atom. The number of fused-ring (bicyclic) bond motifs is 1. The second-order valence-electron chi connectivity index (χ2n) is 4.53. The van der Waals surface area contributed by atoms with Crippen molar-refractivity contribution in [3.8, 4) is 16.9 Å². The van der Waals surface area contributed by atoms with Crippen LogP contribution in [0.2, 0.25) is 0 Å². The molecule has 1 N–H and O–H groups in total. The Morgan fingerprint density at radius 1 is 1.11 bits per heavy atom. The molecule has 0 atom stereocenters. The lowest BCUT2D eigenvalue weighted by Crippen LogP contribution is -2.04. The van der Waals surface area contributed by atoms with Crippen molar-refractivity contribution >= 4 is 11.0 Å².